The maximum atomic E-state index is 2.99. The minimum atomic E-state index is 1.27. The zero-order valence-corrected chi connectivity index (χ0v) is 16.4. The molecule has 0 amide bonds. The number of rotatable bonds is 12. The summed E-state index contributed by atoms with van der Waals surface area (Å²) in [6.07, 6.45) is 15.9. The third kappa shape index (κ3) is 6.82. The Morgan fingerprint density at radius 1 is 0.636 bits per heavy atom. The fraction of sp³-hybridized carbons (Fsp3) is 0.714. The second kappa shape index (κ2) is 12.1. The molecule has 0 spiro atoms. The Morgan fingerprint density at radius 3 is 1.68 bits per heavy atom. The van der Waals surface area contributed by atoms with Crippen LogP contribution in [-0.2, 0) is 19.3 Å². The topological polar surface area (TPSA) is 0 Å². The van der Waals surface area contributed by atoms with Crippen LogP contribution in [0.2, 0.25) is 0 Å². The van der Waals surface area contributed by atoms with Gasteiger partial charge in [0.1, 0.15) is 0 Å². The van der Waals surface area contributed by atoms with Crippen LogP contribution in [0, 0.1) is 0 Å². The highest BCUT2D eigenvalue weighted by Crippen LogP contribution is 2.22. The lowest BCUT2D eigenvalue weighted by molar-refractivity contribution is 0.679. The van der Waals surface area contributed by atoms with Gasteiger partial charge in [-0.2, -0.15) is 0 Å². The first-order valence-corrected chi connectivity index (χ1v) is 10.2. The van der Waals surface area contributed by atoms with Crippen molar-refractivity contribution >= 4 is 14.5 Å². The van der Waals surface area contributed by atoms with Gasteiger partial charge in [0.2, 0.25) is 0 Å². The molecule has 0 aliphatic rings. The SMILES string of the molecule is CCCCCc1ccc(P)c(CCCCC)c1CCCCC. The molecule has 1 aromatic rings. The van der Waals surface area contributed by atoms with E-state index in [4.69, 9.17) is 0 Å². The van der Waals surface area contributed by atoms with Crippen molar-refractivity contribution in [1.82, 2.24) is 0 Å². The van der Waals surface area contributed by atoms with E-state index < -0.39 is 0 Å². The lowest BCUT2D eigenvalue weighted by atomic mass is 9.90. The average Bonchev–Trinajstić information content (AvgIpc) is 2.52. The third-order valence-corrected chi connectivity index (χ3v) is 5.22. The number of aryl methyl sites for hydroxylation is 1. The maximum absolute atomic E-state index is 2.99. The zero-order valence-electron chi connectivity index (χ0n) is 15.2. The fourth-order valence-electron chi connectivity index (χ4n) is 3.27. The number of benzene rings is 1. The lowest BCUT2D eigenvalue weighted by Gasteiger charge is -2.18. The molecule has 1 unspecified atom stereocenters. The molecule has 1 rings (SSSR count). The van der Waals surface area contributed by atoms with Crippen LogP contribution in [0.5, 0.6) is 0 Å². The molecular formula is C21H37P. The Balaban J connectivity index is 2.89. The highest BCUT2D eigenvalue weighted by molar-refractivity contribution is 7.27. The quantitative estimate of drug-likeness (QED) is 0.309. The molecule has 0 fully saturated rings. The molecule has 0 saturated carbocycles. The molecule has 0 aliphatic carbocycles. The van der Waals surface area contributed by atoms with Crippen LogP contribution in [0.25, 0.3) is 0 Å². The van der Waals surface area contributed by atoms with Crippen molar-refractivity contribution in [2.24, 2.45) is 0 Å². The summed E-state index contributed by atoms with van der Waals surface area (Å²) in [5.41, 5.74) is 5.00. The van der Waals surface area contributed by atoms with E-state index >= 15 is 0 Å². The predicted molar refractivity (Wildman–Crippen MR) is 105 cm³/mol. The first-order chi connectivity index (χ1) is 10.7. The molecule has 126 valence electrons. The first-order valence-electron chi connectivity index (χ1n) is 9.63. The third-order valence-electron chi connectivity index (χ3n) is 4.67. The van der Waals surface area contributed by atoms with Crippen LogP contribution >= 0.6 is 9.24 Å². The smallest absolute Gasteiger partial charge is 0.0268 e. The molecule has 1 heteroatoms. The second-order valence-electron chi connectivity index (χ2n) is 6.64. The molecule has 0 aliphatic heterocycles. The van der Waals surface area contributed by atoms with Gasteiger partial charge in [0, 0.05) is 0 Å². The van der Waals surface area contributed by atoms with Gasteiger partial charge in [-0.1, -0.05) is 71.4 Å². The van der Waals surface area contributed by atoms with E-state index in [2.05, 4.69) is 42.1 Å². The molecule has 0 bridgehead atoms. The van der Waals surface area contributed by atoms with Crippen molar-refractivity contribution in [3.63, 3.8) is 0 Å². The molecule has 0 aromatic heterocycles. The average molecular weight is 321 g/mol. The number of unbranched alkanes of at least 4 members (excludes halogenated alkanes) is 6. The Labute approximate surface area is 141 Å². The van der Waals surface area contributed by atoms with Crippen molar-refractivity contribution in [2.45, 2.75) is 97.8 Å². The van der Waals surface area contributed by atoms with Crippen LogP contribution in [0.3, 0.4) is 0 Å². The molecule has 1 aromatic carbocycles. The molecule has 0 saturated heterocycles. The van der Waals surface area contributed by atoms with Crippen molar-refractivity contribution in [1.29, 1.82) is 0 Å². The van der Waals surface area contributed by atoms with Crippen LogP contribution in [-0.4, -0.2) is 0 Å². The van der Waals surface area contributed by atoms with Gasteiger partial charge in [0.05, 0.1) is 0 Å². The molecule has 0 radical (unpaired) electrons. The van der Waals surface area contributed by atoms with E-state index in [1.165, 1.54) is 82.4 Å². The van der Waals surface area contributed by atoms with Gasteiger partial charge in [0.15, 0.2) is 0 Å². The van der Waals surface area contributed by atoms with Gasteiger partial charge < -0.3 is 0 Å². The molecule has 0 N–H and O–H groups in total. The van der Waals surface area contributed by atoms with E-state index in [0.29, 0.717) is 0 Å². The standard InChI is InChI=1S/C21H37P/c1-4-7-10-13-18-16-17-21(22)20(15-12-9-6-3)19(18)14-11-8-5-2/h16-17H,4-15,22H2,1-3H3. The number of hydrogen-bond donors (Lipinski definition) is 0. The monoisotopic (exact) mass is 320 g/mol. The highest BCUT2D eigenvalue weighted by Gasteiger charge is 2.11. The predicted octanol–water partition coefficient (Wildman–Crippen LogP) is 6.39. The summed E-state index contributed by atoms with van der Waals surface area (Å²) >= 11 is 0. The maximum Gasteiger partial charge on any atom is -0.0268 e. The van der Waals surface area contributed by atoms with Gasteiger partial charge in [-0.3, -0.25) is 0 Å². The van der Waals surface area contributed by atoms with Gasteiger partial charge in [-0.05, 0) is 60.5 Å². The summed E-state index contributed by atoms with van der Waals surface area (Å²) in [5, 5.41) is 1.45. The summed E-state index contributed by atoms with van der Waals surface area (Å²) in [4.78, 5) is 0. The van der Waals surface area contributed by atoms with Crippen LogP contribution in [0.1, 0.15) is 95.2 Å². The summed E-state index contributed by atoms with van der Waals surface area (Å²) < 4.78 is 0. The van der Waals surface area contributed by atoms with Crippen LogP contribution in [0.15, 0.2) is 12.1 Å². The van der Waals surface area contributed by atoms with Crippen molar-refractivity contribution in [3.05, 3.63) is 28.8 Å². The Hall–Kier alpha value is -0.350. The summed E-state index contributed by atoms with van der Waals surface area (Å²) in [6.45, 7) is 6.89. The minimum Gasteiger partial charge on any atom is -0.105 e. The number of hydrogen-bond acceptors (Lipinski definition) is 0. The van der Waals surface area contributed by atoms with Crippen LogP contribution in [0.4, 0.5) is 0 Å². The zero-order chi connectivity index (χ0) is 16.2. The van der Waals surface area contributed by atoms with Gasteiger partial charge in [-0.15, -0.1) is 9.24 Å². The van der Waals surface area contributed by atoms with Gasteiger partial charge in [-0.25, -0.2) is 0 Å². The Kier molecular flexibility index (Phi) is 10.9. The second-order valence-corrected chi connectivity index (χ2v) is 7.26. The summed E-state index contributed by atoms with van der Waals surface area (Å²) in [6, 6.07) is 4.75. The molecular weight excluding hydrogens is 283 g/mol. The van der Waals surface area contributed by atoms with E-state index in [9.17, 15) is 0 Å². The van der Waals surface area contributed by atoms with Gasteiger partial charge in [0.25, 0.3) is 0 Å². The van der Waals surface area contributed by atoms with E-state index in [0.717, 1.165) is 0 Å². The molecule has 1 atom stereocenters. The molecule has 0 heterocycles. The van der Waals surface area contributed by atoms with Crippen LogP contribution < -0.4 is 5.30 Å². The van der Waals surface area contributed by atoms with Crippen molar-refractivity contribution in [3.8, 4) is 0 Å². The summed E-state index contributed by atoms with van der Waals surface area (Å²) in [7, 11) is 2.99. The highest BCUT2D eigenvalue weighted by atomic mass is 31.0. The minimum absolute atomic E-state index is 1.27. The molecule has 0 nitrogen and oxygen atoms in total. The van der Waals surface area contributed by atoms with E-state index in [-0.39, 0.29) is 0 Å². The summed E-state index contributed by atoms with van der Waals surface area (Å²) in [5.74, 6) is 0. The Morgan fingerprint density at radius 2 is 1.14 bits per heavy atom. The fourth-order valence-corrected chi connectivity index (χ4v) is 3.68. The Bertz CT molecular complexity index is 409. The first kappa shape index (κ1) is 19.7. The van der Waals surface area contributed by atoms with Gasteiger partial charge >= 0.3 is 0 Å². The lowest BCUT2D eigenvalue weighted by Crippen LogP contribution is -2.11. The van der Waals surface area contributed by atoms with E-state index in [1.54, 1.807) is 16.7 Å². The normalized spacial score (nSPS) is 11.1. The van der Waals surface area contributed by atoms with E-state index in [1.807, 2.05) is 0 Å². The van der Waals surface area contributed by atoms with Crippen molar-refractivity contribution in [2.75, 3.05) is 0 Å². The largest absolute Gasteiger partial charge is 0.105 e. The van der Waals surface area contributed by atoms with Crippen molar-refractivity contribution < 1.29 is 0 Å². The molecule has 22 heavy (non-hydrogen) atoms.